The van der Waals surface area contributed by atoms with E-state index in [1.165, 1.54) is 31.2 Å². The fourth-order valence-electron chi connectivity index (χ4n) is 3.11. The van der Waals surface area contributed by atoms with Crippen LogP contribution in [0, 0.1) is 5.92 Å². The van der Waals surface area contributed by atoms with Gasteiger partial charge in [-0.1, -0.05) is 44.0 Å². The molecule has 0 spiro atoms. The molecule has 0 amide bonds. The van der Waals surface area contributed by atoms with Gasteiger partial charge in [-0.25, -0.2) is 0 Å². The fourth-order valence-corrected chi connectivity index (χ4v) is 3.11. The van der Waals surface area contributed by atoms with Crippen LogP contribution in [0.4, 0.5) is 0 Å². The molecule has 2 atom stereocenters. The molecule has 100 valence electrons. The highest BCUT2D eigenvalue weighted by molar-refractivity contribution is 5.21. The zero-order chi connectivity index (χ0) is 13.0. The molecule has 2 nitrogen and oxygen atoms in total. The molecule has 0 radical (unpaired) electrons. The Morgan fingerprint density at radius 3 is 2.33 bits per heavy atom. The Balaban J connectivity index is 1.94. The smallest absolute Gasteiger partial charge is 0.0681 e. The lowest BCUT2D eigenvalue weighted by Crippen LogP contribution is -2.38. The zero-order valence-electron chi connectivity index (χ0n) is 11.6. The summed E-state index contributed by atoms with van der Waals surface area (Å²) in [6, 6.07) is 9.04. The van der Waals surface area contributed by atoms with Crippen molar-refractivity contribution in [2.45, 2.75) is 51.8 Å². The van der Waals surface area contributed by atoms with Crippen LogP contribution >= 0.6 is 0 Å². The molecular formula is C16H25NO. The Hall–Kier alpha value is -0.860. The molecule has 1 aliphatic rings. The van der Waals surface area contributed by atoms with Crippen LogP contribution in [0.25, 0.3) is 0 Å². The number of aliphatic hydroxyl groups is 1. The van der Waals surface area contributed by atoms with Crippen LogP contribution in [0.2, 0.25) is 0 Å². The lowest BCUT2D eigenvalue weighted by Gasteiger charge is -2.36. The summed E-state index contributed by atoms with van der Waals surface area (Å²) in [7, 11) is 2.24. The second kappa shape index (κ2) is 6.35. The maximum atomic E-state index is 9.04. The maximum Gasteiger partial charge on any atom is 0.0681 e. The molecule has 0 heterocycles. The molecule has 1 aromatic rings. The lowest BCUT2D eigenvalue weighted by atomic mass is 9.85. The molecule has 1 fully saturated rings. The standard InChI is InChI=1S/C16H25NO/c1-13-5-3-4-6-16(13)17(2)11-14-7-9-15(12-18)10-8-14/h7-10,13,16,18H,3-6,11-12H2,1-2H3. The number of rotatable bonds is 4. The van der Waals surface area contributed by atoms with E-state index in [0.29, 0.717) is 0 Å². The van der Waals surface area contributed by atoms with Crippen LogP contribution in [0.15, 0.2) is 24.3 Å². The van der Waals surface area contributed by atoms with Crippen molar-refractivity contribution in [3.8, 4) is 0 Å². The molecular weight excluding hydrogens is 222 g/mol. The van der Waals surface area contributed by atoms with E-state index in [1.54, 1.807) is 0 Å². The van der Waals surface area contributed by atoms with E-state index in [4.69, 9.17) is 5.11 Å². The van der Waals surface area contributed by atoms with Gasteiger partial charge in [-0.05, 0) is 36.9 Å². The molecule has 0 aromatic heterocycles. The Kier molecular flexibility index (Phi) is 4.79. The van der Waals surface area contributed by atoms with Gasteiger partial charge >= 0.3 is 0 Å². The highest BCUT2D eigenvalue weighted by Gasteiger charge is 2.24. The van der Waals surface area contributed by atoms with E-state index in [2.05, 4.69) is 31.0 Å². The van der Waals surface area contributed by atoms with Crippen LogP contribution < -0.4 is 0 Å². The van der Waals surface area contributed by atoms with Crippen molar-refractivity contribution < 1.29 is 5.11 Å². The summed E-state index contributed by atoms with van der Waals surface area (Å²) in [5.74, 6) is 0.820. The maximum absolute atomic E-state index is 9.04. The van der Waals surface area contributed by atoms with Crippen LogP contribution in [-0.4, -0.2) is 23.1 Å². The van der Waals surface area contributed by atoms with Gasteiger partial charge in [-0.15, -0.1) is 0 Å². The highest BCUT2D eigenvalue weighted by atomic mass is 16.3. The van der Waals surface area contributed by atoms with Crippen molar-refractivity contribution in [3.63, 3.8) is 0 Å². The van der Waals surface area contributed by atoms with Crippen molar-refractivity contribution in [2.75, 3.05) is 7.05 Å². The summed E-state index contributed by atoms with van der Waals surface area (Å²) in [6.07, 6.45) is 5.49. The van der Waals surface area contributed by atoms with Gasteiger partial charge in [-0.3, -0.25) is 4.90 Å². The van der Waals surface area contributed by atoms with Crippen molar-refractivity contribution in [2.24, 2.45) is 5.92 Å². The quantitative estimate of drug-likeness (QED) is 0.883. The van der Waals surface area contributed by atoms with Crippen molar-refractivity contribution in [1.29, 1.82) is 0 Å². The van der Waals surface area contributed by atoms with E-state index in [-0.39, 0.29) is 6.61 Å². The lowest BCUT2D eigenvalue weighted by molar-refractivity contribution is 0.133. The summed E-state index contributed by atoms with van der Waals surface area (Å²) in [6.45, 7) is 3.53. The molecule has 0 saturated heterocycles. The fraction of sp³-hybridized carbons (Fsp3) is 0.625. The van der Waals surface area contributed by atoms with Gasteiger partial charge in [0.15, 0.2) is 0 Å². The largest absolute Gasteiger partial charge is 0.392 e. The number of benzene rings is 1. The van der Waals surface area contributed by atoms with Crippen molar-refractivity contribution in [3.05, 3.63) is 35.4 Å². The monoisotopic (exact) mass is 247 g/mol. The Labute approximate surface area is 111 Å². The minimum atomic E-state index is 0.135. The van der Waals surface area contributed by atoms with Gasteiger partial charge in [0, 0.05) is 12.6 Å². The van der Waals surface area contributed by atoms with Crippen LogP contribution in [0.1, 0.15) is 43.7 Å². The first-order chi connectivity index (χ1) is 8.70. The molecule has 18 heavy (non-hydrogen) atoms. The minimum absolute atomic E-state index is 0.135. The summed E-state index contributed by atoms with van der Waals surface area (Å²) >= 11 is 0. The molecule has 1 N–H and O–H groups in total. The summed E-state index contributed by atoms with van der Waals surface area (Å²) < 4.78 is 0. The van der Waals surface area contributed by atoms with Gasteiger partial charge < -0.3 is 5.11 Å². The predicted octanol–water partition coefficient (Wildman–Crippen LogP) is 3.19. The van der Waals surface area contributed by atoms with Gasteiger partial charge in [0.2, 0.25) is 0 Å². The average Bonchev–Trinajstić information content (AvgIpc) is 2.40. The van der Waals surface area contributed by atoms with Crippen LogP contribution in [0.3, 0.4) is 0 Å². The topological polar surface area (TPSA) is 23.5 Å². The van der Waals surface area contributed by atoms with Crippen LogP contribution in [-0.2, 0) is 13.2 Å². The van der Waals surface area contributed by atoms with Crippen molar-refractivity contribution >= 4 is 0 Å². The first-order valence-electron chi connectivity index (χ1n) is 7.09. The van der Waals surface area contributed by atoms with E-state index < -0.39 is 0 Å². The highest BCUT2D eigenvalue weighted by Crippen LogP contribution is 2.28. The SMILES string of the molecule is CC1CCCCC1N(C)Cc1ccc(CO)cc1. The summed E-state index contributed by atoms with van der Waals surface area (Å²) in [5.41, 5.74) is 2.33. The van der Waals surface area contributed by atoms with Gasteiger partial charge in [0.1, 0.15) is 0 Å². The number of nitrogens with zero attached hydrogens (tertiary/aromatic N) is 1. The van der Waals surface area contributed by atoms with Gasteiger partial charge in [-0.2, -0.15) is 0 Å². The molecule has 0 aliphatic heterocycles. The molecule has 2 heteroatoms. The second-order valence-electron chi connectivity index (χ2n) is 5.72. The van der Waals surface area contributed by atoms with E-state index >= 15 is 0 Å². The van der Waals surface area contributed by atoms with Gasteiger partial charge in [0.25, 0.3) is 0 Å². The summed E-state index contributed by atoms with van der Waals surface area (Å²) in [4.78, 5) is 2.50. The normalized spacial score (nSPS) is 24.4. The molecule has 2 rings (SSSR count). The molecule has 1 saturated carbocycles. The number of aliphatic hydroxyl groups excluding tert-OH is 1. The zero-order valence-corrected chi connectivity index (χ0v) is 11.6. The van der Waals surface area contributed by atoms with E-state index in [1.807, 2.05) is 12.1 Å². The summed E-state index contributed by atoms with van der Waals surface area (Å²) in [5, 5.41) is 9.04. The van der Waals surface area contributed by atoms with Crippen molar-refractivity contribution in [1.82, 2.24) is 4.90 Å². The second-order valence-corrected chi connectivity index (χ2v) is 5.72. The first kappa shape index (κ1) is 13.6. The average molecular weight is 247 g/mol. The van der Waals surface area contributed by atoms with Gasteiger partial charge in [0.05, 0.1) is 6.61 Å². The minimum Gasteiger partial charge on any atom is -0.392 e. The van der Waals surface area contributed by atoms with Crippen LogP contribution in [0.5, 0.6) is 0 Å². The Bertz CT molecular complexity index is 360. The third kappa shape index (κ3) is 3.33. The molecule has 1 aliphatic carbocycles. The molecule has 2 unspecified atom stereocenters. The Morgan fingerprint density at radius 2 is 1.72 bits per heavy atom. The molecule has 1 aromatic carbocycles. The number of hydrogen-bond acceptors (Lipinski definition) is 2. The van der Waals surface area contributed by atoms with E-state index in [9.17, 15) is 0 Å². The number of hydrogen-bond donors (Lipinski definition) is 1. The van der Waals surface area contributed by atoms with E-state index in [0.717, 1.165) is 24.1 Å². The predicted molar refractivity (Wildman–Crippen MR) is 75.3 cm³/mol. The molecule has 0 bridgehead atoms. The Morgan fingerprint density at radius 1 is 1.11 bits per heavy atom. The first-order valence-corrected chi connectivity index (χ1v) is 7.09. The third-order valence-electron chi connectivity index (χ3n) is 4.27. The third-order valence-corrected chi connectivity index (χ3v) is 4.27.